The quantitative estimate of drug-likeness (QED) is 0.775. The van der Waals surface area contributed by atoms with Crippen LogP contribution < -0.4 is 11.4 Å². The van der Waals surface area contributed by atoms with E-state index in [1.165, 1.54) is 0 Å². The van der Waals surface area contributed by atoms with Crippen molar-refractivity contribution in [1.82, 2.24) is 14.3 Å². The van der Waals surface area contributed by atoms with Gasteiger partial charge in [-0.15, -0.1) is 0 Å². The molecule has 1 aliphatic rings. The van der Waals surface area contributed by atoms with Gasteiger partial charge in [0.2, 0.25) is 0 Å². The van der Waals surface area contributed by atoms with Crippen molar-refractivity contribution in [2.75, 3.05) is 0 Å². The van der Waals surface area contributed by atoms with Crippen LogP contribution in [-0.2, 0) is 19.5 Å². The van der Waals surface area contributed by atoms with Gasteiger partial charge in [0.05, 0.1) is 0 Å². The van der Waals surface area contributed by atoms with E-state index in [1.807, 2.05) is 11.5 Å². The van der Waals surface area contributed by atoms with Gasteiger partial charge < -0.3 is 5.73 Å². The normalized spacial score (nSPS) is 16.8. The van der Waals surface area contributed by atoms with Crippen LogP contribution in [0.4, 0.5) is 0 Å². The highest BCUT2D eigenvalue weighted by Crippen LogP contribution is 2.09. The SMILES string of the molecule is CC(N)CCCCn1nc2n(c1=O)CCCC2. The summed E-state index contributed by atoms with van der Waals surface area (Å²) in [7, 11) is 0. The third-order valence-corrected chi connectivity index (χ3v) is 3.31. The number of hydrogen-bond donors (Lipinski definition) is 1. The van der Waals surface area contributed by atoms with Crippen LogP contribution >= 0.6 is 0 Å². The van der Waals surface area contributed by atoms with Crippen molar-refractivity contribution in [2.24, 2.45) is 5.73 Å². The molecule has 0 spiro atoms. The summed E-state index contributed by atoms with van der Waals surface area (Å²) < 4.78 is 3.46. The van der Waals surface area contributed by atoms with Gasteiger partial charge in [0.25, 0.3) is 0 Å². The minimum atomic E-state index is 0.0699. The molecule has 0 aromatic carbocycles. The molecule has 17 heavy (non-hydrogen) atoms. The van der Waals surface area contributed by atoms with Gasteiger partial charge >= 0.3 is 5.69 Å². The maximum Gasteiger partial charge on any atom is 0.345 e. The summed E-state index contributed by atoms with van der Waals surface area (Å²) in [5, 5.41) is 4.40. The lowest BCUT2D eigenvalue weighted by Crippen LogP contribution is -2.27. The Morgan fingerprint density at radius 2 is 2.24 bits per heavy atom. The van der Waals surface area contributed by atoms with Crippen molar-refractivity contribution in [3.63, 3.8) is 0 Å². The molecule has 2 heterocycles. The molecular formula is C12H22N4O. The van der Waals surface area contributed by atoms with Crippen LogP contribution in [0.15, 0.2) is 4.79 Å². The molecule has 1 aromatic rings. The summed E-state index contributed by atoms with van der Waals surface area (Å²) in [4.78, 5) is 12.0. The Hall–Kier alpha value is -1.10. The first-order valence-electron chi connectivity index (χ1n) is 6.60. The highest BCUT2D eigenvalue weighted by molar-refractivity contribution is 4.91. The number of nitrogens with zero attached hydrogens (tertiary/aromatic N) is 3. The molecule has 1 aliphatic heterocycles. The fourth-order valence-electron chi connectivity index (χ4n) is 2.32. The number of aryl methyl sites for hydroxylation is 2. The molecule has 5 nitrogen and oxygen atoms in total. The Morgan fingerprint density at radius 1 is 1.41 bits per heavy atom. The Labute approximate surface area is 102 Å². The second-order valence-electron chi connectivity index (χ2n) is 5.00. The van der Waals surface area contributed by atoms with E-state index in [9.17, 15) is 4.79 Å². The molecule has 0 radical (unpaired) electrons. The summed E-state index contributed by atoms with van der Waals surface area (Å²) in [6.07, 6.45) is 6.26. The second-order valence-corrected chi connectivity index (χ2v) is 5.00. The number of nitrogens with two attached hydrogens (primary N) is 1. The van der Waals surface area contributed by atoms with Crippen molar-refractivity contribution < 1.29 is 0 Å². The predicted molar refractivity (Wildman–Crippen MR) is 66.9 cm³/mol. The van der Waals surface area contributed by atoms with E-state index < -0.39 is 0 Å². The van der Waals surface area contributed by atoms with Gasteiger partial charge in [-0.25, -0.2) is 9.48 Å². The van der Waals surface area contributed by atoms with Crippen LogP contribution in [0.3, 0.4) is 0 Å². The topological polar surface area (TPSA) is 65.8 Å². The van der Waals surface area contributed by atoms with Gasteiger partial charge in [0.15, 0.2) is 0 Å². The minimum Gasteiger partial charge on any atom is -0.328 e. The monoisotopic (exact) mass is 238 g/mol. The average molecular weight is 238 g/mol. The maximum absolute atomic E-state index is 12.0. The molecule has 1 aromatic heterocycles. The molecule has 0 fully saturated rings. The molecule has 96 valence electrons. The minimum absolute atomic E-state index is 0.0699. The number of fused-ring (bicyclic) bond motifs is 1. The first-order valence-corrected chi connectivity index (χ1v) is 6.60. The standard InChI is InChI=1S/C12H22N4O/c1-10(13)6-2-5-9-16-12(17)15-8-4-3-7-11(15)14-16/h10H,2-9,13H2,1H3. The highest BCUT2D eigenvalue weighted by Gasteiger charge is 2.15. The van der Waals surface area contributed by atoms with Crippen molar-refractivity contribution in [2.45, 2.75) is 64.6 Å². The van der Waals surface area contributed by atoms with Crippen LogP contribution in [0.25, 0.3) is 0 Å². The van der Waals surface area contributed by atoms with E-state index in [2.05, 4.69) is 5.10 Å². The lowest BCUT2D eigenvalue weighted by atomic mass is 10.1. The first kappa shape index (κ1) is 12.4. The molecule has 0 bridgehead atoms. The van der Waals surface area contributed by atoms with E-state index >= 15 is 0 Å². The summed E-state index contributed by atoms with van der Waals surface area (Å²) in [6.45, 7) is 3.58. The Morgan fingerprint density at radius 3 is 2.94 bits per heavy atom. The third kappa shape index (κ3) is 2.97. The van der Waals surface area contributed by atoms with Crippen LogP contribution in [0.1, 0.15) is 44.9 Å². The van der Waals surface area contributed by atoms with Crippen molar-refractivity contribution in [3.8, 4) is 0 Å². The van der Waals surface area contributed by atoms with Crippen LogP contribution in [0.5, 0.6) is 0 Å². The Bertz CT molecular complexity index is 419. The van der Waals surface area contributed by atoms with Gasteiger partial charge in [-0.1, -0.05) is 6.42 Å². The molecule has 0 saturated heterocycles. The number of rotatable bonds is 5. The lowest BCUT2D eigenvalue weighted by Gasteiger charge is -2.09. The zero-order valence-corrected chi connectivity index (χ0v) is 10.6. The second kappa shape index (κ2) is 5.49. The molecule has 0 amide bonds. The van der Waals surface area contributed by atoms with Crippen LogP contribution in [0, 0.1) is 0 Å². The number of hydrogen-bond acceptors (Lipinski definition) is 3. The third-order valence-electron chi connectivity index (χ3n) is 3.31. The van der Waals surface area contributed by atoms with Gasteiger partial charge in [-0.2, -0.15) is 5.10 Å². The molecule has 2 rings (SSSR count). The summed E-state index contributed by atoms with van der Waals surface area (Å²) in [5.41, 5.74) is 5.76. The van der Waals surface area contributed by atoms with E-state index in [1.54, 1.807) is 4.68 Å². The molecular weight excluding hydrogens is 216 g/mol. The largest absolute Gasteiger partial charge is 0.345 e. The molecule has 1 unspecified atom stereocenters. The fourth-order valence-corrected chi connectivity index (χ4v) is 2.32. The average Bonchev–Trinajstić information content (AvgIpc) is 2.63. The van der Waals surface area contributed by atoms with E-state index in [4.69, 9.17) is 5.73 Å². The lowest BCUT2D eigenvalue weighted by molar-refractivity contribution is 0.499. The maximum atomic E-state index is 12.0. The molecule has 0 aliphatic carbocycles. The molecule has 0 saturated carbocycles. The predicted octanol–water partition coefficient (Wildman–Crippen LogP) is 0.899. The van der Waals surface area contributed by atoms with Crippen molar-refractivity contribution in [1.29, 1.82) is 0 Å². The molecule has 1 atom stereocenters. The Kier molecular flexibility index (Phi) is 3.99. The zero-order chi connectivity index (χ0) is 12.3. The van der Waals surface area contributed by atoms with E-state index in [0.717, 1.165) is 57.4 Å². The van der Waals surface area contributed by atoms with Gasteiger partial charge in [-0.05, 0) is 32.6 Å². The highest BCUT2D eigenvalue weighted by atomic mass is 16.2. The van der Waals surface area contributed by atoms with E-state index in [-0.39, 0.29) is 11.7 Å². The zero-order valence-electron chi connectivity index (χ0n) is 10.6. The van der Waals surface area contributed by atoms with Gasteiger partial charge in [0, 0.05) is 25.6 Å². The molecule has 2 N–H and O–H groups in total. The van der Waals surface area contributed by atoms with Crippen molar-refractivity contribution >= 4 is 0 Å². The summed E-state index contributed by atoms with van der Waals surface area (Å²) in [5.74, 6) is 0.966. The van der Waals surface area contributed by atoms with E-state index in [0.29, 0.717) is 0 Å². The number of unbranched alkanes of at least 4 members (excludes halogenated alkanes) is 1. The van der Waals surface area contributed by atoms with Crippen LogP contribution in [-0.4, -0.2) is 20.4 Å². The van der Waals surface area contributed by atoms with Crippen molar-refractivity contribution in [3.05, 3.63) is 16.3 Å². The Balaban J connectivity index is 1.93. The van der Waals surface area contributed by atoms with Gasteiger partial charge in [-0.3, -0.25) is 4.57 Å². The first-order chi connectivity index (χ1) is 8.18. The fraction of sp³-hybridized carbons (Fsp3) is 0.833. The van der Waals surface area contributed by atoms with Gasteiger partial charge in [0.1, 0.15) is 5.82 Å². The summed E-state index contributed by atoms with van der Waals surface area (Å²) >= 11 is 0. The number of aromatic nitrogens is 3. The smallest absolute Gasteiger partial charge is 0.328 e. The molecule has 5 heteroatoms. The van der Waals surface area contributed by atoms with Crippen LogP contribution in [0.2, 0.25) is 0 Å². The summed E-state index contributed by atoms with van der Waals surface area (Å²) in [6, 6.07) is 0.252.